The van der Waals surface area contributed by atoms with Crippen LogP contribution >= 0.6 is 0 Å². The van der Waals surface area contributed by atoms with E-state index in [0.717, 1.165) is 22.2 Å². The standard InChI is InChI=1S/C16H15BN2O2/c20-17(21)15-6-2-1-4-13(15)11-19-14-7-8-16-12(10-14)5-3-9-18-16/h1-10,19-21H,11H2. The summed E-state index contributed by atoms with van der Waals surface area (Å²) in [5.41, 5.74) is 3.30. The van der Waals surface area contributed by atoms with Crippen LogP contribution in [-0.4, -0.2) is 22.2 Å². The zero-order valence-corrected chi connectivity index (χ0v) is 11.4. The third kappa shape index (κ3) is 3.04. The Bertz CT molecular complexity index is 762. The summed E-state index contributed by atoms with van der Waals surface area (Å²) < 4.78 is 0. The van der Waals surface area contributed by atoms with Gasteiger partial charge in [-0.3, -0.25) is 4.98 Å². The maximum atomic E-state index is 9.36. The Morgan fingerprint density at radius 1 is 1.00 bits per heavy atom. The lowest BCUT2D eigenvalue weighted by Crippen LogP contribution is -2.33. The van der Waals surface area contributed by atoms with E-state index in [0.29, 0.717) is 12.0 Å². The molecule has 0 saturated heterocycles. The lowest BCUT2D eigenvalue weighted by Gasteiger charge is -2.11. The molecule has 0 aliphatic rings. The van der Waals surface area contributed by atoms with Gasteiger partial charge in [0.2, 0.25) is 0 Å². The summed E-state index contributed by atoms with van der Waals surface area (Å²) in [5.74, 6) is 0. The molecule has 0 fully saturated rings. The van der Waals surface area contributed by atoms with Crippen LogP contribution in [0.25, 0.3) is 10.9 Å². The van der Waals surface area contributed by atoms with Gasteiger partial charge in [0.25, 0.3) is 0 Å². The molecule has 3 N–H and O–H groups in total. The van der Waals surface area contributed by atoms with Crippen molar-refractivity contribution in [3.05, 3.63) is 66.4 Å². The lowest BCUT2D eigenvalue weighted by molar-refractivity contribution is 0.425. The van der Waals surface area contributed by atoms with E-state index in [4.69, 9.17) is 0 Å². The fourth-order valence-electron chi connectivity index (χ4n) is 2.33. The van der Waals surface area contributed by atoms with Crippen molar-refractivity contribution < 1.29 is 10.0 Å². The molecule has 3 rings (SSSR count). The van der Waals surface area contributed by atoms with E-state index >= 15 is 0 Å². The Labute approximate surface area is 123 Å². The highest BCUT2D eigenvalue weighted by atomic mass is 16.4. The first-order valence-electron chi connectivity index (χ1n) is 6.76. The molecule has 21 heavy (non-hydrogen) atoms. The molecule has 0 aliphatic heterocycles. The normalized spacial score (nSPS) is 10.6. The predicted molar refractivity (Wildman–Crippen MR) is 85.3 cm³/mol. The first kappa shape index (κ1) is 13.6. The molecule has 104 valence electrons. The van der Waals surface area contributed by atoms with Crippen LogP contribution in [0.2, 0.25) is 0 Å². The minimum atomic E-state index is -1.45. The monoisotopic (exact) mass is 278 g/mol. The summed E-state index contributed by atoms with van der Waals surface area (Å²) in [6.07, 6.45) is 1.77. The van der Waals surface area contributed by atoms with Crippen LogP contribution in [0.3, 0.4) is 0 Å². The number of pyridine rings is 1. The Kier molecular flexibility index (Phi) is 3.86. The van der Waals surface area contributed by atoms with E-state index in [1.54, 1.807) is 18.3 Å². The fourth-order valence-corrected chi connectivity index (χ4v) is 2.33. The molecule has 0 amide bonds. The van der Waals surface area contributed by atoms with Gasteiger partial charge in [-0.15, -0.1) is 0 Å². The highest BCUT2D eigenvalue weighted by molar-refractivity contribution is 6.59. The van der Waals surface area contributed by atoms with E-state index in [1.807, 2.05) is 42.5 Å². The molecular formula is C16H15BN2O2. The quantitative estimate of drug-likeness (QED) is 0.633. The number of aromatic nitrogens is 1. The van der Waals surface area contributed by atoms with Gasteiger partial charge in [0.15, 0.2) is 0 Å². The van der Waals surface area contributed by atoms with Gasteiger partial charge in [0.05, 0.1) is 5.52 Å². The second-order valence-electron chi connectivity index (χ2n) is 4.84. The van der Waals surface area contributed by atoms with E-state index in [9.17, 15) is 10.0 Å². The predicted octanol–water partition coefficient (Wildman–Crippen LogP) is 1.53. The zero-order chi connectivity index (χ0) is 14.7. The molecule has 1 aromatic heterocycles. The van der Waals surface area contributed by atoms with Gasteiger partial charge in [0, 0.05) is 23.8 Å². The molecule has 0 bridgehead atoms. The van der Waals surface area contributed by atoms with Crippen molar-refractivity contribution in [2.24, 2.45) is 0 Å². The summed E-state index contributed by atoms with van der Waals surface area (Å²) in [4.78, 5) is 4.28. The summed E-state index contributed by atoms with van der Waals surface area (Å²) in [7, 11) is -1.45. The van der Waals surface area contributed by atoms with E-state index in [2.05, 4.69) is 10.3 Å². The maximum Gasteiger partial charge on any atom is 0.488 e. The van der Waals surface area contributed by atoms with Crippen molar-refractivity contribution in [2.45, 2.75) is 6.54 Å². The van der Waals surface area contributed by atoms with Crippen LogP contribution in [-0.2, 0) is 6.54 Å². The van der Waals surface area contributed by atoms with Crippen molar-refractivity contribution in [1.82, 2.24) is 4.98 Å². The molecule has 3 aromatic rings. The molecule has 0 radical (unpaired) electrons. The number of hydrogen-bond acceptors (Lipinski definition) is 4. The SMILES string of the molecule is OB(O)c1ccccc1CNc1ccc2ncccc2c1. The number of nitrogens with one attached hydrogen (secondary N) is 1. The maximum absolute atomic E-state index is 9.36. The molecule has 0 spiro atoms. The molecular weight excluding hydrogens is 263 g/mol. The zero-order valence-electron chi connectivity index (χ0n) is 11.4. The van der Waals surface area contributed by atoms with Crippen LogP contribution in [0.5, 0.6) is 0 Å². The molecule has 2 aromatic carbocycles. The Balaban J connectivity index is 1.80. The number of benzene rings is 2. The summed E-state index contributed by atoms with van der Waals surface area (Å²) in [5, 5.41) is 23.1. The van der Waals surface area contributed by atoms with Crippen molar-refractivity contribution >= 4 is 29.2 Å². The van der Waals surface area contributed by atoms with Gasteiger partial charge in [-0.2, -0.15) is 0 Å². The van der Waals surface area contributed by atoms with Gasteiger partial charge in [-0.25, -0.2) is 0 Å². The highest BCUT2D eigenvalue weighted by Crippen LogP contribution is 2.17. The van der Waals surface area contributed by atoms with Crippen molar-refractivity contribution in [3.8, 4) is 0 Å². The van der Waals surface area contributed by atoms with Gasteiger partial charge >= 0.3 is 7.12 Å². The average Bonchev–Trinajstić information content (AvgIpc) is 2.53. The Morgan fingerprint density at radius 2 is 1.86 bits per heavy atom. The molecule has 0 unspecified atom stereocenters. The van der Waals surface area contributed by atoms with Crippen LogP contribution < -0.4 is 10.8 Å². The van der Waals surface area contributed by atoms with Crippen molar-refractivity contribution in [2.75, 3.05) is 5.32 Å². The number of hydrogen-bond donors (Lipinski definition) is 3. The summed E-state index contributed by atoms with van der Waals surface area (Å²) in [6, 6.07) is 17.1. The molecule has 0 saturated carbocycles. The number of fused-ring (bicyclic) bond motifs is 1. The second kappa shape index (κ2) is 5.95. The van der Waals surface area contributed by atoms with Crippen LogP contribution in [0.1, 0.15) is 5.56 Å². The van der Waals surface area contributed by atoms with Crippen molar-refractivity contribution in [1.29, 1.82) is 0 Å². The minimum Gasteiger partial charge on any atom is -0.423 e. The third-order valence-electron chi connectivity index (χ3n) is 3.42. The number of rotatable bonds is 4. The van der Waals surface area contributed by atoms with Crippen LogP contribution in [0, 0.1) is 0 Å². The van der Waals surface area contributed by atoms with Gasteiger partial charge in [-0.05, 0) is 35.3 Å². The first-order chi connectivity index (χ1) is 10.2. The van der Waals surface area contributed by atoms with Crippen LogP contribution in [0.4, 0.5) is 5.69 Å². The number of nitrogens with zero attached hydrogens (tertiary/aromatic N) is 1. The number of anilines is 1. The molecule has 0 atom stereocenters. The third-order valence-corrected chi connectivity index (χ3v) is 3.42. The molecule has 5 heteroatoms. The molecule has 1 heterocycles. The highest BCUT2D eigenvalue weighted by Gasteiger charge is 2.14. The first-order valence-corrected chi connectivity index (χ1v) is 6.76. The average molecular weight is 278 g/mol. The summed E-state index contributed by atoms with van der Waals surface area (Å²) >= 11 is 0. The minimum absolute atomic E-state index is 0.521. The second-order valence-corrected chi connectivity index (χ2v) is 4.84. The van der Waals surface area contributed by atoms with Gasteiger partial charge < -0.3 is 15.4 Å². The largest absolute Gasteiger partial charge is 0.488 e. The Hall–Kier alpha value is -2.37. The van der Waals surface area contributed by atoms with E-state index in [1.165, 1.54) is 0 Å². The Morgan fingerprint density at radius 3 is 2.71 bits per heavy atom. The van der Waals surface area contributed by atoms with Crippen LogP contribution in [0.15, 0.2) is 60.8 Å². The van der Waals surface area contributed by atoms with E-state index in [-0.39, 0.29) is 0 Å². The van der Waals surface area contributed by atoms with E-state index < -0.39 is 7.12 Å². The molecule has 4 nitrogen and oxygen atoms in total. The topological polar surface area (TPSA) is 65.4 Å². The summed E-state index contributed by atoms with van der Waals surface area (Å²) in [6.45, 7) is 0.527. The van der Waals surface area contributed by atoms with Gasteiger partial charge in [0.1, 0.15) is 0 Å². The fraction of sp³-hybridized carbons (Fsp3) is 0.0625. The molecule has 0 aliphatic carbocycles. The van der Waals surface area contributed by atoms with Gasteiger partial charge in [-0.1, -0.05) is 30.3 Å². The van der Waals surface area contributed by atoms with Crippen molar-refractivity contribution in [3.63, 3.8) is 0 Å². The lowest BCUT2D eigenvalue weighted by atomic mass is 9.77. The smallest absolute Gasteiger partial charge is 0.423 e.